The van der Waals surface area contributed by atoms with Crippen molar-refractivity contribution in [1.29, 1.82) is 0 Å². The number of hydrogen-bond acceptors (Lipinski definition) is 3. The lowest BCUT2D eigenvalue weighted by Crippen LogP contribution is -2.20. The molecule has 84 valence electrons. The molecule has 0 saturated heterocycles. The molecule has 0 heterocycles. The third-order valence-corrected chi connectivity index (χ3v) is 4.81. The highest BCUT2D eigenvalue weighted by Crippen LogP contribution is 2.09. The predicted molar refractivity (Wildman–Crippen MR) is 58.1 cm³/mol. The Labute approximate surface area is 86.8 Å². The smallest absolute Gasteiger partial charge is 0.152 e. The van der Waals surface area contributed by atoms with Crippen molar-refractivity contribution < 1.29 is 13.2 Å². The molecule has 0 aromatic carbocycles. The fourth-order valence-corrected chi connectivity index (χ4v) is 2.65. The van der Waals surface area contributed by atoms with Crippen LogP contribution >= 0.6 is 0 Å². The number of unbranched alkanes of at least 4 members (excludes halogenated alkanes) is 1. The highest BCUT2D eigenvalue weighted by Gasteiger charge is 2.17. The summed E-state index contributed by atoms with van der Waals surface area (Å²) in [5.41, 5.74) is 0. The summed E-state index contributed by atoms with van der Waals surface area (Å²) < 4.78 is 23.0. The Morgan fingerprint density at radius 2 is 1.86 bits per heavy atom. The first-order valence-corrected chi connectivity index (χ1v) is 6.82. The molecular weight excluding hydrogens is 200 g/mol. The van der Waals surface area contributed by atoms with Crippen LogP contribution in [0.3, 0.4) is 0 Å². The van der Waals surface area contributed by atoms with Gasteiger partial charge < -0.3 is 4.79 Å². The quantitative estimate of drug-likeness (QED) is 0.616. The van der Waals surface area contributed by atoms with E-state index in [1.165, 1.54) is 6.92 Å². The summed E-state index contributed by atoms with van der Waals surface area (Å²) in [7, 11) is -2.92. The predicted octanol–water partition coefficient (Wildman–Crippen LogP) is 1.96. The van der Waals surface area contributed by atoms with E-state index in [-0.39, 0.29) is 16.8 Å². The molecule has 0 spiro atoms. The standard InChI is InChI=1S/C10H20O3S/c1-4-10(3)14(12,13)8-6-5-7-9(2)11/h10H,4-8H2,1-3H3. The summed E-state index contributed by atoms with van der Waals surface area (Å²) in [4.78, 5) is 10.6. The maximum absolute atomic E-state index is 11.5. The molecule has 0 rings (SSSR count). The minimum Gasteiger partial charge on any atom is -0.300 e. The van der Waals surface area contributed by atoms with Crippen LogP contribution in [0.5, 0.6) is 0 Å². The van der Waals surface area contributed by atoms with Gasteiger partial charge in [-0.15, -0.1) is 0 Å². The zero-order chi connectivity index (χ0) is 11.2. The van der Waals surface area contributed by atoms with E-state index in [4.69, 9.17) is 0 Å². The Morgan fingerprint density at radius 1 is 1.29 bits per heavy atom. The SMILES string of the molecule is CCC(C)S(=O)(=O)CCCCC(C)=O. The van der Waals surface area contributed by atoms with Crippen LogP contribution in [0.4, 0.5) is 0 Å². The van der Waals surface area contributed by atoms with Gasteiger partial charge in [0.2, 0.25) is 0 Å². The molecule has 4 heteroatoms. The number of sulfone groups is 1. The normalized spacial score (nSPS) is 13.9. The maximum atomic E-state index is 11.5. The van der Waals surface area contributed by atoms with E-state index in [2.05, 4.69) is 0 Å². The van der Waals surface area contributed by atoms with Gasteiger partial charge in [0.1, 0.15) is 5.78 Å². The molecule has 14 heavy (non-hydrogen) atoms. The van der Waals surface area contributed by atoms with Gasteiger partial charge in [-0.1, -0.05) is 6.92 Å². The van der Waals surface area contributed by atoms with Crippen LogP contribution in [0.15, 0.2) is 0 Å². The van der Waals surface area contributed by atoms with E-state index in [1.54, 1.807) is 6.92 Å². The largest absolute Gasteiger partial charge is 0.300 e. The molecule has 0 saturated carbocycles. The molecule has 0 fully saturated rings. The number of ketones is 1. The van der Waals surface area contributed by atoms with Crippen LogP contribution in [0.2, 0.25) is 0 Å². The van der Waals surface area contributed by atoms with Crippen molar-refractivity contribution in [3.05, 3.63) is 0 Å². The molecule has 0 radical (unpaired) electrons. The third-order valence-electron chi connectivity index (χ3n) is 2.40. The van der Waals surface area contributed by atoms with E-state index < -0.39 is 9.84 Å². The lowest BCUT2D eigenvalue weighted by molar-refractivity contribution is -0.117. The van der Waals surface area contributed by atoms with E-state index in [1.807, 2.05) is 6.92 Å². The van der Waals surface area contributed by atoms with Gasteiger partial charge >= 0.3 is 0 Å². The van der Waals surface area contributed by atoms with Crippen LogP contribution in [0, 0.1) is 0 Å². The second kappa shape index (κ2) is 6.17. The number of carbonyl (C=O) groups is 1. The van der Waals surface area contributed by atoms with Crippen molar-refractivity contribution >= 4 is 15.6 Å². The average Bonchev–Trinajstić information content (AvgIpc) is 2.10. The van der Waals surface area contributed by atoms with Gasteiger partial charge in [-0.3, -0.25) is 0 Å². The first-order chi connectivity index (χ1) is 6.40. The van der Waals surface area contributed by atoms with Crippen molar-refractivity contribution in [1.82, 2.24) is 0 Å². The second-order valence-electron chi connectivity index (χ2n) is 3.74. The zero-order valence-electron chi connectivity index (χ0n) is 9.25. The summed E-state index contributed by atoms with van der Waals surface area (Å²) >= 11 is 0. The second-order valence-corrected chi connectivity index (χ2v) is 6.28. The van der Waals surface area contributed by atoms with Crippen LogP contribution in [-0.4, -0.2) is 25.2 Å². The van der Waals surface area contributed by atoms with Crippen molar-refractivity contribution in [3.63, 3.8) is 0 Å². The first kappa shape index (κ1) is 13.6. The van der Waals surface area contributed by atoms with E-state index in [0.29, 0.717) is 25.7 Å². The number of rotatable bonds is 7. The van der Waals surface area contributed by atoms with Gasteiger partial charge in [-0.05, 0) is 33.1 Å². The number of Topliss-reactive ketones (excluding diaryl/α,β-unsaturated/α-hetero) is 1. The Hall–Kier alpha value is -0.380. The van der Waals surface area contributed by atoms with Crippen molar-refractivity contribution in [2.24, 2.45) is 0 Å². The molecule has 0 amide bonds. The van der Waals surface area contributed by atoms with Gasteiger partial charge in [0.25, 0.3) is 0 Å². The maximum Gasteiger partial charge on any atom is 0.152 e. The van der Waals surface area contributed by atoms with E-state index >= 15 is 0 Å². The zero-order valence-corrected chi connectivity index (χ0v) is 10.1. The fourth-order valence-electron chi connectivity index (χ4n) is 1.13. The summed E-state index contributed by atoms with van der Waals surface area (Å²) in [5, 5.41) is -0.250. The van der Waals surface area contributed by atoms with Gasteiger partial charge in [-0.2, -0.15) is 0 Å². The molecule has 0 aliphatic heterocycles. The molecule has 0 aliphatic carbocycles. The van der Waals surface area contributed by atoms with Gasteiger partial charge in [0, 0.05) is 6.42 Å². The molecule has 0 bridgehead atoms. The highest BCUT2D eigenvalue weighted by atomic mass is 32.2. The Bertz CT molecular complexity index is 267. The molecule has 0 aromatic rings. The van der Waals surface area contributed by atoms with Crippen LogP contribution in [0.1, 0.15) is 46.5 Å². The van der Waals surface area contributed by atoms with E-state index in [0.717, 1.165) is 0 Å². The fraction of sp³-hybridized carbons (Fsp3) is 0.900. The first-order valence-electron chi connectivity index (χ1n) is 5.11. The van der Waals surface area contributed by atoms with Crippen LogP contribution < -0.4 is 0 Å². The summed E-state index contributed by atoms with van der Waals surface area (Å²) in [6.45, 7) is 5.14. The highest BCUT2D eigenvalue weighted by molar-refractivity contribution is 7.91. The minimum atomic E-state index is -2.92. The number of carbonyl (C=O) groups excluding carboxylic acids is 1. The third kappa shape index (κ3) is 5.37. The topological polar surface area (TPSA) is 51.2 Å². The van der Waals surface area contributed by atoms with Crippen molar-refractivity contribution in [3.8, 4) is 0 Å². The molecule has 1 unspecified atom stereocenters. The van der Waals surface area contributed by atoms with Gasteiger partial charge in [0.15, 0.2) is 9.84 Å². The molecule has 1 atom stereocenters. The van der Waals surface area contributed by atoms with Crippen molar-refractivity contribution in [2.45, 2.75) is 51.7 Å². The molecule has 3 nitrogen and oxygen atoms in total. The molecule has 0 N–H and O–H groups in total. The lowest BCUT2D eigenvalue weighted by atomic mass is 10.2. The molecule has 0 aromatic heterocycles. The van der Waals surface area contributed by atoms with Crippen molar-refractivity contribution in [2.75, 3.05) is 5.75 Å². The summed E-state index contributed by atoms with van der Waals surface area (Å²) in [5.74, 6) is 0.348. The Balaban J connectivity index is 3.83. The monoisotopic (exact) mass is 220 g/mol. The summed E-state index contributed by atoms with van der Waals surface area (Å²) in [6, 6.07) is 0. The number of hydrogen-bond donors (Lipinski definition) is 0. The van der Waals surface area contributed by atoms with Crippen LogP contribution in [0.25, 0.3) is 0 Å². The Morgan fingerprint density at radius 3 is 2.29 bits per heavy atom. The molecule has 0 aliphatic rings. The lowest BCUT2D eigenvalue weighted by Gasteiger charge is -2.09. The minimum absolute atomic E-state index is 0.130. The van der Waals surface area contributed by atoms with Gasteiger partial charge in [-0.25, -0.2) is 8.42 Å². The van der Waals surface area contributed by atoms with E-state index in [9.17, 15) is 13.2 Å². The summed E-state index contributed by atoms with van der Waals surface area (Å²) in [6.07, 6.45) is 2.45. The Kier molecular flexibility index (Phi) is 6.00. The molecular formula is C10H20O3S. The van der Waals surface area contributed by atoms with Crippen LogP contribution in [-0.2, 0) is 14.6 Å². The van der Waals surface area contributed by atoms with Gasteiger partial charge in [0.05, 0.1) is 11.0 Å². The average molecular weight is 220 g/mol.